The quantitative estimate of drug-likeness (QED) is 0.615. The fourth-order valence-corrected chi connectivity index (χ4v) is 3.22. The summed E-state index contributed by atoms with van der Waals surface area (Å²) in [6, 6.07) is 14.8. The fraction of sp³-hybridized carbons (Fsp3) is 0.278. The van der Waals surface area contributed by atoms with Crippen LogP contribution in [0.2, 0.25) is 0 Å². The lowest BCUT2D eigenvalue weighted by molar-refractivity contribution is -0.914. The van der Waals surface area contributed by atoms with Crippen LogP contribution in [0.5, 0.6) is 0 Å². The van der Waals surface area contributed by atoms with Gasteiger partial charge in [-0.3, -0.25) is 14.9 Å². The second kappa shape index (κ2) is 7.31. The van der Waals surface area contributed by atoms with E-state index in [1.165, 1.54) is 16.5 Å². The van der Waals surface area contributed by atoms with E-state index in [1.807, 2.05) is 23.1 Å². The van der Waals surface area contributed by atoms with Gasteiger partial charge in [0.2, 0.25) is 5.91 Å². The van der Waals surface area contributed by atoms with Gasteiger partial charge in [-0.1, -0.05) is 30.3 Å². The van der Waals surface area contributed by atoms with Crippen molar-refractivity contribution in [3.8, 4) is 0 Å². The number of nitrogens with one attached hydrogen (secondary N) is 1. The Balaban J connectivity index is 1.70. The van der Waals surface area contributed by atoms with Crippen molar-refractivity contribution in [2.75, 3.05) is 31.1 Å². The number of hydrogen-bond donors (Lipinski definition) is 2. The normalized spacial score (nSPS) is 15.1. The van der Waals surface area contributed by atoms with E-state index in [1.54, 1.807) is 12.1 Å². The van der Waals surface area contributed by atoms with Gasteiger partial charge < -0.3 is 15.5 Å². The Bertz CT molecular complexity index is 771. The summed E-state index contributed by atoms with van der Waals surface area (Å²) in [4.78, 5) is 25.6. The number of carbonyl (C=O) groups is 1. The van der Waals surface area contributed by atoms with E-state index < -0.39 is 10.8 Å². The van der Waals surface area contributed by atoms with Gasteiger partial charge in [-0.15, -0.1) is 0 Å². The highest BCUT2D eigenvalue weighted by Gasteiger charge is 2.26. The molecule has 1 amide bonds. The van der Waals surface area contributed by atoms with Crippen molar-refractivity contribution in [2.45, 2.75) is 6.54 Å². The van der Waals surface area contributed by atoms with Crippen LogP contribution >= 0.6 is 0 Å². The molecule has 7 heteroatoms. The summed E-state index contributed by atoms with van der Waals surface area (Å²) in [6.07, 6.45) is 0. The summed E-state index contributed by atoms with van der Waals surface area (Å²) in [6.45, 7) is 4.24. The van der Waals surface area contributed by atoms with Gasteiger partial charge in [0.25, 0.3) is 5.69 Å². The molecule has 1 aliphatic rings. The van der Waals surface area contributed by atoms with E-state index >= 15 is 0 Å². The SMILES string of the molecule is NC(=O)c1ccc(N2CC[NH+](Cc3ccccc3)CC2)c([N+](=O)[O-])c1. The molecule has 0 atom stereocenters. The standard InChI is InChI=1S/C18H20N4O3/c19-18(23)15-6-7-16(17(12-15)22(24)25)21-10-8-20(9-11-21)13-14-4-2-1-3-5-14/h1-7,12H,8-11,13H2,(H2,19,23)/p+1. The van der Waals surface area contributed by atoms with Gasteiger partial charge >= 0.3 is 0 Å². The first-order valence-electron chi connectivity index (χ1n) is 8.25. The Morgan fingerprint density at radius 3 is 2.44 bits per heavy atom. The average Bonchev–Trinajstić information content (AvgIpc) is 2.62. The van der Waals surface area contributed by atoms with Crippen molar-refractivity contribution in [1.82, 2.24) is 0 Å². The molecule has 0 spiro atoms. The van der Waals surface area contributed by atoms with Crippen LogP contribution in [-0.2, 0) is 6.54 Å². The number of anilines is 1. The molecule has 3 rings (SSSR count). The number of primary amides is 1. The Hall–Kier alpha value is -2.93. The third-order valence-electron chi connectivity index (χ3n) is 4.56. The van der Waals surface area contributed by atoms with Crippen LogP contribution in [0.25, 0.3) is 0 Å². The summed E-state index contributed by atoms with van der Waals surface area (Å²) in [7, 11) is 0. The van der Waals surface area contributed by atoms with Gasteiger partial charge in [0, 0.05) is 17.2 Å². The number of nitrogens with zero attached hydrogens (tertiary/aromatic N) is 2. The van der Waals surface area contributed by atoms with Crippen LogP contribution in [-0.4, -0.2) is 37.0 Å². The first kappa shape index (κ1) is 16.9. The van der Waals surface area contributed by atoms with Crippen LogP contribution in [0.1, 0.15) is 15.9 Å². The molecule has 130 valence electrons. The second-order valence-electron chi connectivity index (χ2n) is 6.22. The molecular formula is C18H21N4O3+. The predicted molar refractivity (Wildman–Crippen MR) is 94.7 cm³/mol. The van der Waals surface area contributed by atoms with E-state index in [0.717, 1.165) is 32.7 Å². The van der Waals surface area contributed by atoms with E-state index in [9.17, 15) is 14.9 Å². The summed E-state index contributed by atoms with van der Waals surface area (Å²) in [5.41, 5.74) is 7.16. The minimum absolute atomic E-state index is 0.0668. The molecule has 1 heterocycles. The van der Waals surface area contributed by atoms with Crippen molar-refractivity contribution >= 4 is 17.3 Å². The molecule has 0 aliphatic carbocycles. The zero-order valence-corrected chi connectivity index (χ0v) is 13.9. The molecule has 0 saturated carbocycles. The molecule has 0 radical (unpaired) electrons. The number of benzene rings is 2. The zero-order chi connectivity index (χ0) is 17.8. The Morgan fingerprint density at radius 1 is 1.16 bits per heavy atom. The van der Waals surface area contributed by atoms with Crippen LogP contribution in [0.15, 0.2) is 48.5 Å². The molecule has 25 heavy (non-hydrogen) atoms. The van der Waals surface area contributed by atoms with Gasteiger partial charge in [-0.2, -0.15) is 0 Å². The van der Waals surface area contributed by atoms with Crippen LogP contribution in [0, 0.1) is 10.1 Å². The van der Waals surface area contributed by atoms with E-state index in [-0.39, 0.29) is 11.3 Å². The smallest absolute Gasteiger partial charge is 0.293 e. The number of rotatable bonds is 5. The number of amides is 1. The third-order valence-corrected chi connectivity index (χ3v) is 4.56. The maximum absolute atomic E-state index is 11.4. The summed E-state index contributed by atoms with van der Waals surface area (Å²) in [5, 5.41) is 11.4. The largest absolute Gasteiger partial charge is 0.366 e. The fourth-order valence-electron chi connectivity index (χ4n) is 3.22. The number of carbonyl (C=O) groups excluding carboxylic acids is 1. The van der Waals surface area contributed by atoms with Crippen molar-refractivity contribution < 1.29 is 14.6 Å². The lowest BCUT2D eigenvalue weighted by Crippen LogP contribution is -3.13. The number of quaternary nitrogens is 1. The monoisotopic (exact) mass is 341 g/mol. The van der Waals surface area contributed by atoms with Crippen molar-refractivity contribution in [2.24, 2.45) is 5.73 Å². The van der Waals surface area contributed by atoms with Crippen LogP contribution in [0.3, 0.4) is 0 Å². The number of hydrogen-bond acceptors (Lipinski definition) is 4. The number of nitro groups is 1. The maximum Gasteiger partial charge on any atom is 0.293 e. The van der Waals surface area contributed by atoms with Crippen LogP contribution in [0.4, 0.5) is 11.4 Å². The Morgan fingerprint density at radius 2 is 1.84 bits per heavy atom. The minimum Gasteiger partial charge on any atom is -0.366 e. The molecule has 3 N–H and O–H groups in total. The number of piperazine rings is 1. The summed E-state index contributed by atoms with van der Waals surface area (Å²) >= 11 is 0. The van der Waals surface area contributed by atoms with Crippen molar-refractivity contribution in [3.05, 3.63) is 69.8 Å². The van der Waals surface area contributed by atoms with Gasteiger partial charge in [0.05, 0.1) is 31.1 Å². The second-order valence-corrected chi connectivity index (χ2v) is 6.22. The van der Waals surface area contributed by atoms with Gasteiger partial charge in [0.1, 0.15) is 12.2 Å². The number of nitrogens with two attached hydrogens (primary N) is 1. The van der Waals surface area contributed by atoms with Crippen molar-refractivity contribution in [1.29, 1.82) is 0 Å². The molecule has 7 nitrogen and oxygen atoms in total. The Labute approximate surface area is 145 Å². The molecule has 2 aromatic rings. The van der Waals surface area contributed by atoms with Crippen LogP contribution < -0.4 is 15.5 Å². The summed E-state index contributed by atoms with van der Waals surface area (Å²) < 4.78 is 0. The molecular weight excluding hydrogens is 320 g/mol. The lowest BCUT2D eigenvalue weighted by Gasteiger charge is -2.33. The van der Waals surface area contributed by atoms with Gasteiger partial charge in [0.15, 0.2) is 0 Å². The molecule has 0 unspecified atom stereocenters. The molecule has 0 aromatic heterocycles. The lowest BCUT2D eigenvalue weighted by atomic mass is 10.1. The molecule has 1 aliphatic heterocycles. The van der Waals surface area contributed by atoms with E-state index in [0.29, 0.717) is 5.69 Å². The topological polar surface area (TPSA) is 93.9 Å². The summed E-state index contributed by atoms with van der Waals surface area (Å²) in [5.74, 6) is -0.660. The highest BCUT2D eigenvalue weighted by atomic mass is 16.6. The molecule has 1 saturated heterocycles. The molecule has 2 aromatic carbocycles. The molecule has 1 fully saturated rings. The first-order valence-corrected chi connectivity index (χ1v) is 8.25. The molecule has 0 bridgehead atoms. The number of nitro benzene ring substituents is 1. The van der Waals surface area contributed by atoms with Crippen molar-refractivity contribution in [3.63, 3.8) is 0 Å². The highest BCUT2D eigenvalue weighted by molar-refractivity contribution is 5.94. The maximum atomic E-state index is 11.4. The van der Waals surface area contributed by atoms with Gasteiger partial charge in [-0.05, 0) is 12.1 Å². The predicted octanol–water partition coefficient (Wildman–Crippen LogP) is 0.599. The highest BCUT2D eigenvalue weighted by Crippen LogP contribution is 2.29. The third kappa shape index (κ3) is 3.95. The first-order chi connectivity index (χ1) is 12.0. The van der Waals surface area contributed by atoms with E-state index in [2.05, 4.69) is 12.1 Å². The Kier molecular flexibility index (Phi) is 4.95. The van der Waals surface area contributed by atoms with E-state index in [4.69, 9.17) is 5.73 Å². The average molecular weight is 341 g/mol. The minimum atomic E-state index is -0.660. The zero-order valence-electron chi connectivity index (χ0n) is 13.9. The van der Waals surface area contributed by atoms with Gasteiger partial charge in [-0.25, -0.2) is 0 Å².